The van der Waals surface area contributed by atoms with E-state index in [9.17, 15) is 17.8 Å². The average molecular weight is 498 g/mol. The van der Waals surface area contributed by atoms with E-state index in [1.165, 1.54) is 31.5 Å². The Kier molecular flexibility index (Phi) is 6.11. The number of aromatic nitrogens is 2. The van der Waals surface area contributed by atoms with Gasteiger partial charge in [0.2, 0.25) is 0 Å². The predicted molar refractivity (Wildman–Crippen MR) is 124 cm³/mol. The fourth-order valence-electron chi connectivity index (χ4n) is 3.99. The first kappa shape index (κ1) is 23.8. The van der Waals surface area contributed by atoms with Crippen LogP contribution in [0.2, 0.25) is 5.02 Å². The lowest BCUT2D eigenvalue weighted by atomic mass is 9.94. The van der Waals surface area contributed by atoms with Crippen LogP contribution in [0.5, 0.6) is 0 Å². The number of amides is 1. The number of carbonyl (C=O) groups is 1. The van der Waals surface area contributed by atoms with Crippen LogP contribution in [0.1, 0.15) is 53.7 Å². The minimum Gasteiger partial charge on any atom is -0.355 e. The molecule has 0 spiro atoms. The highest BCUT2D eigenvalue weighted by atomic mass is 35.5. The summed E-state index contributed by atoms with van der Waals surface area (Å²) in [6.07, 6.45) is 4.20. The standard InChI is InChI=1S/C22H26ClF2N5O2S/c1-12-11-30(9-7-22(12,24)25)20-17(13(2)18(23)19(29-20)14-4-5-14)21(31)28-15-6-8-27-16(10-15)33(3,26)32/h6,8,10,12,14,26H,4-5,7,9,11H2,1-3H3,(H,27,28,31)/t12-,33+/m0/s1. The van der Waals surface area contributed by atoms with Crippen LogP contribution >= 0.6 is 11.6 Å². The first-order valence-electron chi connectivity index (χ1n) is 10.7. The van der Waals surface area contributed by atoms with Gasteiger partial charge in [0.15, 0.2) is 0 Å². The van der Waals surface area contributed by atoms with Gasteiger partial charge in [-0.2, -0.15) is 0 Å². The molecule has 2 atom stereocenters. The summed E-state index contributed by atoms with van der Waals surface area (Å²) in [5.74, 6) is -3.59. The van der Waals surface area contributed by atoms with Gasteiger partial charge in [0.1, 0.15) is 10.8 Å². The second-order valence-corrected chi connectivity index (χ2v) is 11.4. The number of hydrogen-bond acceptors (Lipinski definition) is 6. The second kappa shape index (κ2) is 8.47. The molecule has 2 aromatic rings. The maximum absolute atomic E-state index is 14.1. The molecular weight excluding hydrogens is 472 g/mol. The zero-order chi connectivity index (χ0) is 24.1. The molecule has 0 aromatic carbocycles. The average Bonchev–Trinajstić information content (AvgIpc) is 3.56. The van der Waals surface area contributed by atoms with Crippen molar-refractivity contribution in [2.24, 2.45) is 5.92 Å². The van der Waals surface area contributed by atoms with Crippen molar-refractivity contribution in [3.8, 4) is 0 Å². The summed E-state index contributed by atoms with van der Waals surface area (Å²) in [5, 5.41) is 3.21. The van der Waals surface area contributed by atoms with Crippen molar-refractivity contribution in [1.29, 1.82) is 4.78 Å². The quantitative estimate of drug-likeness (QED) is 0.599. The Morgan fingerprint density at radius 1 is 1.39 bits per heavy atom. The normalized spacial score (nSPS) is 22.0. The summed E-state index contributed by atoms with van der Waals surface area (Å²) in [4.78, 5) is 23.8. The van der Waals surface area contributed by atoms with E-state index >= 15 is 0 Å². The van der Waals surface area contributed by atoms with Crippen LogP contribution in [-0.4, -0.2) is 45.4 Å². The number of rotatable bonds is 5. The molecule has 2 fully saturated rings. The van der Waals surface area contributed by atoms with Crippen LogP contribution in [0.15, 0.2) is 23.4 Å². The summed E-state index contributed by atoms with van der Waals surface area (Å²) in [6.45, 7) is 3.38. The van der Waals surface area contributed by atoms with Crippen molar-refractivity contribution in [3.05, 3.63) is 40.2 Å². The predicted octanol–water partition coefficient (Wildman–Crippen LogP) is 5.09. The van der Waals surface area contributed by atoms with Crippen LogP contribution in [0, 0.1) is 17.6 Å². The van der Waals surface area contributed by atoms with Crippen molar-refractivity contribution in [2.45, 2.75) is 50.0 Å². The van der Waals surface area contributed by atoms with Crippen molar-refractivity contribution in [1.82, 2.24) is 9.97 Å². The summed E-state index contributed by atoms with van der Waals surface area (Å²) >= 11 is 6.60. The Morgan fingerprint density at radius 3 is 2.70 bits per heavy atom. The van der Waals surface area contributed by atoms with Crippen molar-refractivity contribution < 1.29 is 17.8 Å². The van der Waals surface area contributed by atoms with Gasteiger partial charge >= 0.3 is 0 Å². The van der Waals surface area contributed by atoms with E-state index in [2.05, 4.69) is 10.3 Å². The van der Waals surface area contributed by atoms with Gasteiger partial charge in [-0.3, -0.25) is 4.79 Å². The zero-order valence-corrected chi connectivity index (χ0v) is 20.2. The number of nitrogens with zero attached hydrogens (tertiary/aromatic N) is 3. The number of nitrogens with one attached hydrogen (secondary N) is 2. The van der Waals surface area contributed by atoms with E-state index in [1.807, 2.05) is 0 Å². The third-order valence-electron chi connectivity index (χ3n) is 6.19. The van der Waals surface area contributed by atoms with E-state index in [4.69, 9.17) is 21.4 Å². The van der Waals surface area contributed by atoms with Crippen molar-refractivity contribution >= 4 is 38.7 Å². The highest BCUT2D eigenvalue weighted by Gasteiger charge is 2.43. The number of piperidine rings is 1. The third-order valence-corrected chi connectivity index (χ3v) is 7.69. The van der Waals surface area contributed by atoms with E-state index < -0.39 is 27.5 Å². The lowest BCUT2D eigenvalue weighted by Crippen LogP contribution is -2.47. The molecule has 33 heavy (non-hydrogen) atoms. The highest BCUT2D eigenvalue weighted by Crippen LogP contribution is 2.46. The Hall–Kier alpha value is -2.33. The molecule has 0 unspecified atom stereocenters. The Morgan fingerprint density at radius 2 is 2.09 bits per heavy atom. The molecule has 11 heteroatoms. The zero-order valence-electron chi connectivity index (χ0n) is 18.6. The van der Waals surface area contributed by atoms with Gasteiger partial charge in [-0.05, 0) is 37.5 Å². The van der Waals surface area contributed by atoms with Gasteiger partial charge in [-0.15, -0.1) is 0 Å². The molecule has 2 N–H and O–H groups in total. The van der Waals surface area contributed by atoms with E-state index in [0.29, 0.717) is 27.8 Å². The lowest BCUT2D eigenvalue weighted by molar-refractivity contribution is -0.0652. The number of anilines is 2. The molecule has 0 radical (unpaired) electrons. The minimum absolute atomic E-state index is 0.0459. The molecule has 1 amide bonds. The second-order valence-electron chi connectivity index (χ2n) is 8.95. The molecule has 2 aromatic heterocycles. The number of carbonyl (C=O) groups excluding carboxylic acids is 1. The number of halogens is 3. The van der Waals surface area contributed by atoms with Crippen LogP contribution in [0.3, 0.4) is 0 Å². The van der Waals surface area contributed by atoms with Gasteiger partial charge < -0.3 is 10.2 Å². The van der Waals surface area contributed by atoms with Gasteiger partial charge in [-0.1, -0.05) is 18.5 Å². The fraction of sp³-hybridized carbons (Fsp3) is 0.500. The smallest absolute Gasteiger partial charge is 0.259 e. The van der Waals surface area contributed by atoms with Gasteiger partial charge in [0, 0.05) is 49.5 Å². The SMILES string of the molecule is Cc1c(Cl)c(C2CC2)nc(N2CCC(F)(F)[C@@H](C)C2)c1C(=O)Nc1ccnc([S@](C)(=N)=O)c1. The number of alkyl halides is 2. The monoisotopic (exact) mass is 497 g/mol. The Balaban J connectivity index is 1.74. The summed E-state index contributed by atoms with van der Waals surface area (Å²) in [7, 11) is -3.07. The van der Waals surface area contributed by atoms with Crippen LogP contribution in [0.25, 0.3) is 0 Å². The molecule has 7 nitrogen and oxygen atoms in total. The topological polar surface area (TPSA) is 99.0 Å². The lowest BCUT2D eigenvalue weighted by Gasteiger charge is -2.38. The van der Waals surface area contributed by atoms with E-state index in [-0.39, 0.29) is 36.0 Å². The van der Waals surface area contributed by atoms with Crippen LogP contribution < -0.4 is 10.2 Å². The third kappa shape index (κ3) is 4.82. The molecule has 1 aliphatic carbocycles. The van der Waals surface area contributed by atoms with Gasteiger partial charge in [0.25, 0.3) is 11.8 Å². The molecule has 1 aliphatic heterocycles. The molecule has 4 rings (SSSR count). The molecule has 3 heterocycles. The number of pyridine rings is 2. The van der Waals surface area contributed by atoms with E-state index in [0.717, 1.165) is 12.8 Å². The molecule has 178 valence electrons. The Labute approximate surface area is 196 Å². The summed E-state index contributed by atoms with van der Waals surface area (Å²) in [5.41, 5.74) is 1.79. The molecule has 0 bridgehead atoms. The highest BCUT2D eigenvalue weighted by molar-refractivity contribution is 7.91. The molecule has 1 saturated heterocycles. The molecule has 2 aliphatic rings. The molecule has 1 saturated carbocycles. The van der Waals surface area contributed by atoms with Crippen LogP contribution in [0.4, 0.5) is 20.3 Å². The molecular formula is C22H26ClF2N5O2S. The first-order valence-corrected chi connectivity index (χ1v) is 13.1. The number of hydrogen-bond donors (Lipinski definition) is 2. The maximum atomic E-state index is 14.1. The largest absolute Gasteiger partial charge is 0.355 e. The van der Waals surface area contributed by atoms with Gasteiger partial charge in [0.05, 0.1) is 26.0 Å². The Bertz CT molecular complexity index is 1220. The minimum atomic E-state index is -3.07. The van der Waals surface area contributed by atoms with Crippen molar-refractivity contribution in [2.75, 3.05) is 29.6 Å². The van der Waals surface area contributed by atoms with Crippen LogP contribution in [-0.2, 0) is 9.73 Å². The summed E-state index contributed by atoms with van der Waals surface area (Å²) < 4.78 is 48.0. The van der Waals surface area contributed by atoms with Crippen molar-refractivity contribution in [3.63, 3.8) is 0 Å². The van der Waals surface area contributed by atoms with E-state index in [1.54, 1.807) is 11.8 Å². The fourth-order valence-corrected chi connectivity index (χ4v) is 4.89. The summed E-state index contributed by atoms with van der Waals surface area (Å²) in [6, 6.07) is 2.91. The first-order chi connectivity index (χ1) is 15.4. The maximum Gasteiger partial charge on any atom is 0.259 e. The van der Waals surface area contributed by atoms with Gasteiger partial charge in [-0.25, -0.2) is 27.7 Å².